The van der Waals surface area contributed by atoms with E-state index < -0.39 is 5.97 Å². The number of nitrogens with zero attached hydrogens (tertiary/aromatic N) is 1. The molecule has 1 fully saturated rings. The lowest BCUT2D eigenvalue weighted by molar-refractivity contribution is -0.135. The summed E-state index contributed by atoms with van der Waals surface area (Å²) < 4.78 is 10.4. The second kappa shape index (κ2) is 5.05. The van der Waals surface area contributed by atoms with E-state index in [1.807, 2.05) is 29.2 Å². The summed E-state index contributed by atoms with van der Waals surface area (Å²) in [7, 11) is 1.58. The highest BCUT2D eigenvalue weighted by Gasteiger charge is 2.29. The van der Waals surface area contributed by atoms with Crippen molar-refractivity contribution in [1.82, 2.24) is 0 Å². The van der Waals surface area contributed by atoms with Crippen LogP contribution in [0.5, 0.6) is 5.75 Å². The van der Waals surface area contributed by atoms with Crippen LogP contribution >= 0.6 is 0 Å². The van der Waals surface area contributed by atoms with E-state index in [0.717, 1.165) is 5.69 Å². The van der Waals surface area contributed by atoms with Gasteiger partial charge in [-0.15, -0.1) is 0 Å². The number of para-hydroxylation sites is 2. The van der Waals surface area contributed by atoms with Crippen LogP contribution in [-0.2, 0) is 9.53 Å². The minimum absolute atomic E-state index is 0.0472. The Kier molecular flexibility index (Phi) is 3.49. The zero-order valence-electron chi connectivity index (χ0n) is 9.63. The predicted molar refractivity (Wildman–Crippen MR) is 62.6 cm³/mol. The molecule has 0 amide bonds. The molecule has 1 N–H and O–H groups in total. The van der Waals surface area contributed by atoms with E-state index >= 15 is 0 Å². The number of carboxylic acids is 1. The fourth-order valence-electron chi connectivity index (χ4n) is 1.83. The van der Waals surface area contributed by atoms with Crippen LogP contribution in [0.1, 0.15) is 0 Å². The molecule has 0 bridgehead atoms. The summed E-state index contributed by atoms with van der Waals surface area (Å²) in [5.41, 5.74) is 0.797. The van der Waals surface area contributed by atoms with Crippen molar-refractivity contribution in [2.45, 2.75) is 6.04 Å². The first kappa shape index (κ1) is 11.7. The summed E-state index contributed by atoms with van der Waals surface area (Å²) in [6.45, 7) is 1.07. The van der Waals surface area contributed by atoms with Gasteiger partial charge in [0.25, 0.3) is 0 Å². The number of ether oxygens (including phenoxy) is 2. The van der Waals surface area contributed by atoms with Gasteiger partial charge in [-0.25, -0.2) is 0 Å². The number of rotatable bonds is 5. The van der Waals surface area contributed by atoms with Gasteiger partial charge in [0.2, 0.25) is 0 Å². The van der Waals surface area contributed by atoms with E-state index in [4.69, 9.17) is 14.6 Å². The van der Waals surface area contributed by atoms with E-state index in [0.29, 0.717) is 19.0 Å². The van der Waals surface area contributed by atoms with E-state index in [1.165, 1.54) is 0 Å². The average molecular weight is 237 g/mol. The van der Waals surface area contributed by atoms with Gasteiger partial charge in [0.1, 0.15) is 12.3 Å². The van der Waals surface area contributed by atoms with E-state index in [2.05, 4.69) is 0 Å². The van der Waals surface area contributed by atoms with Crippen LogP contribution in [-0.4, -0.2) is 44.0 Å². The fraction of sp³-hybridized carbons (Fsp3) is 0.417. The van der Waals surface area contributed by atoms with Crippen molar-refractivity contribution in [3.63, 3.8) is 0 Å². The van der Waals surface area contributed by atoms with Crippen LogP contribution in [0.3, 0.4) is 0 Å². The Bertz CT molecular complexity index is 403. The molecule has 17 heavy (non-hydrogen) atoms. The summed E-state index contributed by atoms with van der Waals surface area (Å²) >= 11 is 0. The van der Waals surface area contributed by atoms with Crippen molar-refractivity contribution in [2.75, 3.05) is 31.8 Å². The van der Waals surface area contributed by atoms with Crippen molar-refractivity contribution in [3.05, 3.63) is 24.3 Å². The molecule has 0 saturated carbocycles. The van der Waals surface area contributed by atoms with Crippen molar-refractivity contribution < 1.29 is 19.4 Å². The second-order valence-electron chi connectivity index (χ2n) is 3.88. The Morgan fingerprint density at radius 2 is 2.24 bits per heavy atom. The molecule has 1 aliphatic heterocycles. The zero-order chi connectivity index (χ0) is 12.3. The molecule has 92 valence electrons. The molecule has 1 aromatic rings. The van der Waals surface area contributed by atoms with Gasteiger partial charge in [0.15, 0.2) is 0 Å². The topological polar surface area (TPSA) is 59.0 Å². The number of carboxylic acid groups (broad SMARTS) is 1. The molecule has 5 heteroatoms. The molecule has 1 saturated heterocycles. The van der Waals surface area contributed by atoms with Crippen molar-refractivity contribution in [1.29, 1.82) is 0 Å². The number of anilines is 1. The molecular formula is C12H15NO4. The van der Waals surface area contributed by atoms with E-state index in [-0.39, 0.29) is 12.6 Å². The first-order valence-electron chi connectivity index (χ1n) is 5.41. The maximum Gasteiger partial charge on any atom is 0.323 e. The smallest absolute Gasteiger partial charge is 0.323 e. The fourth-order valence-corrected chi connectivity index (χ4v) is 1.83. The number of methoxy groups -OCH3 is 1. The third-order valence-corrected chi connectivity index (χ3v) is 2.76. The standard InChI is InChI=1S/C12H15NO4/c1-16-11-5-3-2-4-10(11)13(6-12(14)15)9-7-17-8-9/h2-5,9H,6-8H2,1H3,(H,14,15). The molecule has 1 heterocycles. The van der Waals surface area contributed by atoms with Crippen LogP contribution in [0.4, 0.5) is 5.69 Å². The van der Waals surface area contributed by atoms with Gasteiger partial charge in [-0.1, -0.05) is 12.1 Å². The first-order chi connectivity index (χ1) is 8.22. The highest BCUT2D eigenvalue weighted by atomic mass is 16.5. The van der Waals surface area contributed by atoms with Crippen LogP contribution < -0.4 is 9.64 Å². The van der Waals surface area contributed by atoms with Gasteiger partial charge in [-0.2, -0.15) is 0 Å². The molecule has 0 aliphatic carbocycles. The van der Waals surface area contributed by atoms with Gasteiger partial charge in [-0.3, -0.25) is 4.79 Å². The number of hydrogen-bond acceptors (Lipinski definition) is 4. The maximum atomic E-state index is 10.9. The van der Waals surface area contributed by atoms with Gasteiger partial charge >= 0.3 is 5.97 Å². The Balaban J connectivity index is 2.26. The summed E-state index contributed by atoms with van der Waals surface area (Å²) in [6.07, 6.45) is 0. The summed E-state index contributed by atoms with van der Waals surface area (Å²) in [4.78, 5) is 12.7. The normalized spacial score (nSPS) is 15.1. The monoisotopic (exact) mass is 237 g/mol. The molecule has 0 unspecified atom stereocenters. The van der Waals surface area contributed by atoms with Crippen LogP contribution in [0.25, 0.3) is 0 Å². The number of benzene rings is 1. The lowest BCUT2D eigenvalue weighted by Crippen LogP contribution is -2.51. The van der Waals surface area contributed by atoms with Crippen LogP contribution in [0.15, 0.2) is 24.3 Å². The molecule has 2 rings (SSSR count). The van der Waals surface area contributed by atoms with Crippen LogP contribution in [0.2, 0.25) is 0 Å². The van der Waals surface area contributed by atoms with Gasteiger partial charge < -0.3 is 19.5 Å². The van der Waals surface area contributed by atoms with Crippen molar-refractivity contribution in [2.24, 2.45) is 0 Å². The Labute approximate surface area is 99.6 Å². The highest BCUT2D eigenvalue weighted by molar-refractivity contribution is 5.75. The average Bonchev–Trinajstić information content (AvgIpc) is 2.25. The molecule has 0 aromatic heterocycles. The lowest BCUT2D eigenvalue weighted by Gasteiger charge is -2.38. The minimum atomic E-state index is -0.859. The molecule has 1 aliphatic rings. The third-order valence-electron chi connectivity index (χ3n) is 2.76. The molecule has 0 radical (unpaired) electrons. The Morgan fingerprint density at radius 3 is 2.76 bits per heavy atom. The van der Waals surface area contributed by atoms with E-state index in [9.17, 15) is 4.79 Å². The quantitative estimate of drug-likeness (QED) is 0.827. The maximum absolute atomic E-state index is 10.9. The molecule has 5 nitrogen and oxygen atoms in total. The van der Waals surface area contributed by atoms with Gasteiger partial charge in [0.05, 0.1) is 32.1 Å². The SMILES string of the molecule is COc1ccccc1N(CC(=O)O)C1COC1. The third kappa shape index (κ3) is 2.50. The second-order valence-corrected chi connectivity index (χ2v) is 3.88. The molecular weight excluding hydrogens is 222 g/mol. The summed E-state index contributed by atoms with van der Waals surface area (Å²) in [5.74, 6) is -0.177. The number of aliphatic carboxylic acids is 1. The number of hydrogen-bond donors (Lipinski definition) is 1. The zero-order valence-corrected chi connectivity index (χ0v) is 9.63. The summed E-state index contributed by atoms with van der Waals surface area (Å²) in [5, 5.41) is 8.95. The Morgan fingerprint density at radius 1 is 1.53 bits per heavy atom. The van der Waals surface area contributed by atoms with Gasteiger partial charge in [0, 0.05) is 0 Å². The van der Waals surface area contributed by atoms with Crippen LogP contribution in [0, 0.1) is 0 Å². The van der Waals surface area contributed by atoms with Gasteiger partial charge in [-0.05, 0) is 12.1 Å². The highest BCUT2D eigenvalue weighted by Crippen LogP contribution is 2.30. The van der Waals surface area contributed by atoms with Crippen molar-refractivity contribution in [3.8, 4) is 5.75 Å². The molecule has 0 spiro atoms. The largest absolute Gasteiger partial charge is 0.495 e. The minimum Gasteiger partial charge on any atom is -0.495 e. The number of carbonyl (C=O) groups is 1. The molecule has 1 aromatic carbocycles. The first-order valence-corrected chi connectivity index (χ1v) is 5.41. The Hall–Kier alpha value is -1.75. The molecule has 0 atom stereocenters. The van der Waals surface area contributed by atoms with E-state index in [1.54, 1.807) is 7.11 Å². The lowest BCUT2D eigenvalue weighted by atomic mass is 10.1. The summed E-state index contributed by atoms with van der Waals surface area (Å²) in [6, 6.07) is 7.52. The predicted octanol–water partition coefficient (Wildman–Crippen LogP) is 0.985. The van der Waals surface area contributed by atoms with Crippen molar-refractivity contribution >= 4 is 11.7 Å².